The van der Waals surface area contributed by atoms with Gasteiger partial charge in [-0.25, -0.2) is 4.98 Å². The molecule has 8 aromatic carbocycles. The minimum atomic E-state index is -0.253. The average molecular weight is 1120 g/mol. The van der Waals surface area contributed by atoms with Gasteiger partial charge in [0.15, 0.2) is 0 Å². The van der Waals surface area contributed by atoms with Gasteiger partial charge in [-0.3, -0.25) is 0 Å². The zero-order valence-electron chi connectivity index (χ0n) is 41.9. The predicted molar refractivity (Wildman–Crippen MR) is 297 cm³/mol. The van der Waals surface area contributed by atoms with Crippen LogP contribution in [0.4, 0.5) is 28.4 Å². The molecule has 0 aliphatic carbocycles. The number of benzene rings is 8. The number of anilines is 5. The van der Waals surface area contributed by atoms with E-state index in [2.05, 4.69) is 299 Å². The van der Waals surface area contributed by atoms with Gasteiger partial charge in [0.1, 0.15) is 5.82 Å². The van der Waals surface area contributed by atoms with Crippen LogP contribution in [-0.2, 0) is 37.3 Å². The minimum Gasteiger partial charge on any atom is -0.500 e. The van der Waals surface area contributed by atoms with Crippen molar-refractivity contribution in [1.29, 1.82) is 0 Å². The van der Waals surface area contributed by atoms with Gasteiger partial charge in [0.05, 0.1) is 0 Å². The quantitative estimate of drug-likeness (QED) is 0.121. The van der Waals surface area contributed by atoms with Gasteiger partial charge in [-0.15, -0.1) is 53.6 Å². The second-order valence-corrected chi connectivity index (χ2v) is 20.8. The number of aromatic nitrogens is 2. The van der Waals surface area contributed by atoms with Crippen molar-refractivity contribution in [2.45, 2.75) is 64.7 Å². The largest absolute Gasteiger partial charge is 0.500 e. The molecule has 5 nitrogen and oxygen atoms in total. The molecular weight excluding hydrogens is 1060 g/mol. The first-order valence-corrected chi connectivity index (χ1v) is 24.6. The first-order valence-electron chi connectivity index (χ1n) is 24.6. The van der Waals surface area contributed by atoms with Crippen molar-refractivity contribution in [3.63, 3.8) is 0 Å². The molecule has 0 unspecified atom stereocenters. The van der Waals surface area contributed by atoms with E-state index in [0.29, 0.717) is 0 Å². The second kappa shape index (κ2) is 19.3. The van der Waals surface area contributed by atoms with E-state index in [4.69, 9.17) is 4.98 Å². The van der Waals surface area contributed by atoms with Crippen LogP contribution in [0, 0.1) is 18.8 Å². The van der Waals surface area contributed by atoms with Gasteiger partial charge in [0.2, 0.25) is 0 Å². The first kappa shape index (κ1) is 48.2. The molecule has 3 heterocycles. The van der Waals surface area contributed by atoms with Gasteiger partial charge in [-0.05, 0) is 99.0 Å². The van der Waals surface area contributed by atoms with E-state index in [-0.39, 0.29) is 37.3 Å². The third kappa shape index (κ3) is 9.08. The molecule has 0 atom stereocenters. The summed E-state index contributed by atoms with van der Waals surface area (Å²) in [6, 6.07) is 79.8. The Morgan fingerprint density at radius 3 is 1.69 bits per heavy atom. The molecule has 1 aliphatic heterocycles. The average Bonchev–Trinajstić information content (AvgIpc) is 4.03. The molecule has 11 rings (SSSR count). The molecule has 0 amide bonds. The Morgan fingerprint density at radius 1 is 0.472 bits per heavy atom. The Hall–Kier alpha value is -7.46. The minimum absolute atomic E-state index is 0. The monoisotopic (exact) mass is 1120 g/mol. The fourth-order valence-corrected chi connectivity index (χ4v) is 10.0. The Kier molecular flexibility index (Phi) is 12.9. The fraction of sp³-hybridized carbons (Fsp3) is 0.152. The number of rotatable bonds is 11. The molecule has 0 N–H and O–H groups in total. The molecule has 0 fully saturated rings. The van der Waals surface area contributed by atoms with Gasteiger partial charge in [0.25, 0.3) is 0 Å². The predicted octanol–water partition coefficient (Wildman–Crippen LogP) is 16.8. The van der Waals surface area contributed by atoms with Crippen molar-refractivity contribution < 1.29 is 21.1 Å². The summed E-state index contributed by atoms with van der Waals surface area (Å²) in [5, 5.41) is 2.27. The third-order valence-corrected chi connectivity index (χ3v) is 14.4. The summed E-state index contributed by atoms with van der Waals surface area (Å²) in [7, 11) is 0. The van der Waals surface area contributed by atoms with Crippen LogP contribution in [-0.4, -0.2) is 9.55 Å². The maximum absolute atomic E-state index is 4.98. The number of pyridine rings is 1. The van der Waals surface area contributed by atoms with E-state index in [1.54, 1.807) is 0 Å². The molecule has 0 spiro atoms. The van der Waals surface area contributed by atoms with E-state index in [0.717, 1.165) is 67.2 Å². The van der Waals surface area contributed by atoms with E-state index >= 15 is 0 Å². The Balaban J connectivity index is 0.00000596. The van der Waals surface area contributed by atoms with Gasteiger partial charge in [-0.2, -0.15) is 6.07 Å². The summed E-state index contributed by atoms with van der Waals surface area (Å²) in [6.45, 7) is 18.2. The topological polar surface area (TPSA) is 27.5 Å². The van der Waals surface area contributed by atoms with Crippen molar-refractivity contribution in [2.75, 3.05) is 14.7 Å². The SMILES string of the molecule is CC(C)(C)c1ccnc(-n2c3[c-]c(N(c4[c-]c(N5C=CN(c6cc(C(C)(C)c7ccccc7)cc(C(C)(C)c7ccccc7)c6)[CH-]5)cc(-c5ccccc5)c4)c4ccccc4)ccc3c3ccccc32)c1.[Pt]. The van der Waals surface area contributed by atoms with Crippen LogP contribution >= 0.6 is 0 Å². The molecule has 360 valence electrons. The van der Waals surface area contributed by atoms with Crippen molar-refractivity contribution in [3.8, 4) is 16.9 Å². The van der Waals surface area contributed by atoms with Crippen molar-refractivity contribution in [3.05, 3.63) is 265 Å². The summed E-state index contributed by atoms with van der Waals surface area (Å²) < 4.78 is 2.27. The normalized spacial score (nSPS) is 12.9. The molecule has 10 aromatic rings. The molecule has 6 heteroatoms. The van der Waals surface area contributed by atoms with Gasteiger partial charge >= 0.3 is 0 Å². The molecule has 2 aromatic heterocycles. The Labute approximate surface area is 440 Å². The van der Waals surface area contributed by atoms with Crippen LogP contribution < -0.4 is 14.7 Å². The number of nitrogens with zero attached hydrogens (tertiary/aromatic N) is 5. The van der Waals surface area contributed by atoms with Crippen LogP contribution in [0.15, 0.2) is 219 Å². The molecule has 72 heavy (non-hydrogen) atoms. The van der Waals surface area contributed by atoms with Gasteiger partial charge in [0, 0.05) is 55.0 Å². The number of hydrogen-bond acceptors (Lipinski definition) is 4. The summed E-state index contributed by atoms with van der Waals surface area (Å²) in [5.41, 5.74) is 14.7. The standard InChI is InChI=1S/C66H58N5.Pt/c1-64(2,3)51-34-35-67-63(43-51)71-61-31-21-20-30-59(61)60-33-32-55(45-62(60)71)70(54-28-18-11-19-29-54)58-39-48(47-22-12-8-13-23-47)38-56(44-58)68-36-37-69(46-68)57-41-52(65(4,5)49-24-14-9-15-25-49)40-53(42-57)66(6,7)50-26-16-10-17-27-50;/h8-43,46H,1-7H3;/q-3;. The summed E-state index contributed by atoms with van der Waals surface area (Å²) in [5.74, 6) is 0.869. The fourth-order valence-electron chi connectivity index (χ4n) is 10.0. The maximum atomic E-state index is 4.98. The van der Waals surface area contributed by atoms with Crippen molar-refractivity contribution >= 4 is 50.2 Å². The smallest absolute Gasteiger partial charge is 0.135 e. The van der Waals surface area contributed by atoms with E-state index < -0.39 is 0 Å². The Bertz CT molecular complexity index is 3490. The summed E-state index contributed by atoms with van der Waals surface area (Å²) >= 11 is 0. The maximum Gasteiger partial charge on any atom is 0.135 e. The van der Waals surface area contributed by atoms with Gasteiger partial charge in [-0.1, -0.05) is 199 Å². The zero-order valence-corrected chi connectivity index (χ0v) is 44.2. The van der Waals surface area contributed by atoms with Gasteiger partial charge < -0.3 is 19.3 Å². The van der Waals surface area contributed by atoms with Crippen LogP contribution in [0.25, 0.3) is 38.8 Å². The zero-order chi connectivity index (χ0) is 48.9. The van der Waals surface area contributed by atoms with Crippen LogP contribution in [0.1, 0.15) is 76.3 Å². The third-order valence-electron chi connectivity index (χ3n) is 14.4. The van der Waals surface area contributed by atoms with E-state index in [1.165, 1.54) is 27.8 Å². The molecule has 1 aliphatic rings. The van der Waals surface area contributed by atoms with E-state index in [9.17, 15) is 0 Å². The van der Waals surface area contributed by atoms with Crippen molar-refractivity contribution in [1.82, 2.24) is 9.55 Å². The Morgan fingerprint density at radius 2 is 1.06 bits per heavy atom. The van der Waals surface area contributed by atoms with Crippen LogP contribution in [0.5, 0.6) is 0 Å². The summed E-state index contributed by atoms with van der Waals surface area (Å²) in [6.07, 6.45) is 6.23. The number of hydrogen-bond donors (Lipinski definition) is 0. The number of fused-ring (bicyclic) bond motifs is 3. The molecule has 0 radical (unpaired) electrons. The molecule has 0 saturated carbocycles. The van der Waals surface area contributed by atoms with Crippen LogP contribution in [0.3, 0.4) is 0 Å². The second-order valence-electron chi connectivity index (χ2n) is 20.8. The molecule has 0 saturated heterocycles. The van der Waals surface area contributed by atoms with Crippen LogP contribution in [0.2, 0.25) is 0 Å². The number of para-hydroxylation sites is 2. The molecule has 0 bridgehead atoms. The first-order chi connectivity index (χ1) is 34.3. The molecular formula is C66H58N5Pt-3. The van der Waals surface area contributed by atoms with E-state index in [1.807, 2.05) is 6.20 Å². The summed E-state index contributed by atoms with van der Waals surface area (Å²) in [4.78, 5) is 11.7. The van der Waals surface area contributed by atoms with Crippen molar-refractivity contribution in [2.24, 2.45) is 0 Å².